The molecule has 1 saturated heterocycles. The van der Waals surface area contributed by atoms with Gasteiger partial charge in [0.25, 0.3) is 0 Å². The van der Waals surface area contributed by atoms with Crippen LogP contribution in [0.2, 0.25) is 0 Å². The summed E-state index contributed by atoms with van der Waals surface area (Å²) in [5.74, 6) is 1.09. The molecule has 2 rings (SSSR count). The van der Waals surface area contributed by atoms with Crippen LogP contribution in [0.3, 0.4) is 0 Å². The van der Waals surface area contributed by atoms with Gasteiger partial charge in [0.2, 0.25) is 0 Å². The van der Waals surface area contributed by atoms with Crippen LogP contribution in [0.25, 0.3) is 0 Å². The highest BCUT2D eigenvalue weighted by Gasteiger charge is 2.29. The van der Waals surface area contributed by atoms with E-state index in [1.807, 2.05) is 11.8 Å². The molecule has 128 valence electrons. The molecule has 2 heterocycles. The molecule has 0 aliphatic carbocycles. The molecule has 4 nitrogen and oxygen atoms in total. The molecule has 1 fully saturated rings. The van der Waals surface area contributed by atoms with E-state index >= 15 is 0 Å². The fraction of sp³-hybridized carbons (Fsp3) is 0.812. The molecule has 0 bridgehead atoms. The predicted molar refractivity (Wildman–Crippen MR) is 110 cm³/mol. The van der Waals surface area contributed by atoms with Gasteiger partial charge in [-0.15, -0.1) is 24.0 Å². The Bertz CT molecular complexity index is 390. The average Bonchev–Trinajstić information content (AvgIpc) is 3.13. The number of nitrogens with one attached hydrogen (secondary N) is 1. The minimum atomic E-state index is 0. The maximum Gasteiger partial charge on any atom is 0.194 e. The molecule has 2 aliphatic rings. The highest BCUT2D eigenvalue weighted by Crippen LogP contribution is 2.22. The number of thioether (sulfide) groups is 1. The molecule has 2 aliphatic heterocycles. The summed E-state index contributed by atoms with van der Waals surface area (Å²) in [6, 6.07) is 0.678. The van der Waals surface area contributed by atoms with Crippen LogP contribution in [0.4, 0.5) is 0 Å². The zero-order chi connectivity index (χ0) is 15.3. The number of hydrogen-bond donors (Lipinski definition) is 1. The second kappa shape index (κ2) is 9.37. The third-order valence-corrected chi connectivity index (χ3v) is 5.56. The number of likely N-dealkylation sites (tertiary alicyclic amines) is 1. The number of rotatable bonds is 5. The predicted octanol–water partition coefficient (Wildman–Crippen LogP) is 2.66. The van der Waals surface area contributed by atoms with Gasteiger partial charge < -0.3 is 10.2 Å². The Morgan fingerprint density at radius 2 is 2.05 bits per heavy atom. The molecule has 6 heteroatoms. The van der Waals surface area contributed by atoms with Crippen molar-refractivity contribution in [3.8, 4) is 0 Å². The monoisotopic (exact) mass is 438 g/mol. The van der Waals surface area contributed by atoms with E-state index in [4.69, 9.17) is 4.99 Å². The van der Waals surface area contributed by atoms with Gasteiger partial charge in [-0.25, -0.2) is 0 Å². The van der Waals surface area contributed by atoms with Crippen LogP contribution in [0.15, 0.2) is 17.1 Å². The lowest BCUT2D eigenvalue weighted by Gasteiger charge is -2.26. The van der Waals surface area contributed by atoms with Gasteiger partial charge in [-0.1, -0.05) is 12.2 Å². The van der Waals surface area contributed by atoms with E-state index in [2.05, 4.69) is 54.3 Å². The van der Waals surface area contributed by atoms with E-state index in [1.54, 1.807) is 0 Å². The van der Waals surface area contributed by atoms with Crippen molar-refractivity contribution in [1.29, 1.82) is 0 Å². The molecule has 0 amide bonds. The van der Waals surface area contributed by atoms with Crippen LogP contribution >= 0.6 is 35.7 Å². The van der Waals surface area contributed by atoms with E-state index in [-0.39, 0.29) is 28.7 Å². The summed E-state index contributed by atoms with van der Waals surface area (Å²) in [6.07, 6.45) is 7.97. The molecule has 0 aromatic carbocycles. The number of aliphatic imine (C=N–C) groups is 1. The van der Waals surface area contributed by atoms with Crippen molar-refractivity contribution in [2.75, 3.05) is 45.5 Å². The van der Waals surface area contributed by atoms with Crippen LogP contribution < -0.4 is 5.32 Å². The maximum absolute atomic E-state index is 4.88. The van der Waals surface area contributed by atoms with E-state index in [0.717, 1.165) is 45.2 Å². The molecule has 1 unspecified atom stereocenters. The summed E-state index contributed by atoms with van der Waals surface area (Å²) >= 11 is 1.88. The van der Waals surface area contributed by atoms with Gasteiger partial charge in [0.15, 0.2) is 5.96 Å². The van der Waals surface area contributed by atoms with Crippen molar-refractivity contribution in [3.63, 3.8) is 0 Å². The Morgan fingerprint density at radius 3 is 2.64 bits per heavy atom. The molecule has 0 spiro atoms. The van der Waals surface area contributed by atoms with Crippen LogP contribution in [0.5, 0.6) is 0 Å². The summed E-state index contributed by atoms with van der Waals surface area (Å²) in [4.78, 5) is 9.87. The molecule has 0 saturated carbocycles. The van der Waals surface area contributed by atoms with Crippen molar-refractivity contribution in [2.24, 2.45) is 4.99 Å². The summed E-state index contributed by atoms with van der Waals surface area (Å²) in [7, 11) is 0. The Morgan fingerprint density at radius 1 is 1.36 bits per heavy atom. The van der Waals surface area contributed by atoms with Gasteiger partial charge in [0, 0.05) is 43.5 Å². The third kappa shape index (κ3) is 5.60. The normalized spacial score (nSPS) is 23.0. The van der Waals surface area contributed by atoms with Crippen LogP contribution in [-0.4, -0.2) is 72.1 Å². The number of hydrogen-bond acceptors (Lipinski definition) is 3. The fourth-order valence-corrected chi connectivity index (χ4v) is 2.97. The van der Waals surface area contributed by atoms with E-state index in [1.165, 1.54) is 6.42 Å². The van der Waals surface area contributed by atoms with Crippen LogP contribution in [-0.2, 0) is 0 Å². The highest BCUT2D eigenvalue weighted by molar-refractivity contribution is 14.0. The van der Waals surface area contributed by atoms with Gasteiger partial charge in [0.05, 0.1) is 6.54 Å². The lowest BCUT2D eigenvalue weighted by Crippen LogP contribution is -2.43. The summed E-state index contributed by atoms with van der Waals surface area (Å²) in [6.45, 7) is 12.9. The van der Waals surface area contributed by atoms with Gasteiger partial charge in [-0.05, 0) is 33.4 Å². The average molecular weight is 438 g/mol. The second-order valence-corrected chi connectivity index (χ2v) is 7.96. The Kier molecular flexibility index (Phi) is 8.56. The Hall–Kier alpha value is 0.0500. The molecular formula is C16H31IN4S. The van der Waals surface area contributed by atoms with Crippen molar-refractivity contribution in [2.45, 2.75) is 38.0 Å². The second-order valence-electron chi connectivity index (χ2n) is 6.45. The van der Waals surface area contributed by atoms with Gasteiger partial charge in [0.1, 0.15) is 0 Å². The number of halogens is 1. The quantitative estimate of drug-likeness (QED) is 0.310. The Balaban J connectivity index is 0.00000242. The zero-order valence-corrected chi connectivity index (χ0v) is 17.5. The number of nitrogens with zero attached hydrogens (tertiary/aromatic N) is 3. The first kappa shape index (κ1) is 20.1. The first-order chi connectivity index (χ1) is 10.1. The summed E-state index contributed by atoms with van der Waals surface area (Å²) in [5.41, 5.74) is 0. The Labute approximate surface area is 157 Å². The van der Waals surface area contributed by atoms with Crippen LogP contribution in [0, 0.1) is 0 Å². The largest absolute Gasteiger partial charge is 0.357 e. The van der Waals surface area contributed by atoms with Crippen LogP contribution in [0.1, 0.15) is 27.2 Å². The van der Waals surface area contributed by atoms with E-state index in [0.29, 0.717) is 6.04 Å². The smallest absolute Gasteiger partial charge is 0.194 e. The van der Waals surface area contributed by atoms with Crippen molar-refractivity contribution < 1.29 is 0 Å². The van der Waals surface area contributed by atoms with Crippen molar-refractivity contribution >= 4 is 41.7 Å². The van der Waals surface area contributed by atoms with E-state index in [9.17, 15) is 0 Å². The molecule has 1 atom stereocenters. The minimum Gasteiger partial charge on any atom is -0.357 e. The van der Waals surface area contributed by atoms with Gasteiger partial charge in [-0.2, -0.15) is 11.8 Å². The molecular weight excluding hydrogens is 407 g/mol. The fourth-order valence-electron chi connectivity index (χ4n) is 2.78. The first-order valence-electron chi connectivity index (χ1n) is 8.03. The summed E-state index contributed by atoms with van der Waals surface area (Å²) < 4.78 is 0.207. The SMILES string of the molecule is CCNC(=NCC(C)(C)SC)N1CCC(N2CC=CC2)C1.I. The first-order valence-corrected chi connectivity index (χ1v) is 9.25. The van der Waals surface area contributed by atoms with Gasteiger partial charge in [-0.3, -0.25) is 9.89 Å². The minimum absolute atomic E-state index is 0. The molecule has 0 aromatic heterocycles. The topological polar surface area (TPSA) is 30.9 Å². The van der Waals surface area contributed by atoms with Gasteiger partial charge >= 0.3 is 0 Å². The molecule has 22 heavy (non-hydrogen) atoms. The maximum atomic E-state index is 4.88. The van der Waals surface area contributed by atoms with E-state index < -0.39 is 0 Å². The highest BCUT2D eigenvalue weighted by atomic mass is 127. The van der Waals surface area contributed by atoms with Crippen molar-refractivity contribution in [3.05, 3.63) is 12.2 Å². The summed E-state index contributed by atoms with van der Waals surface area (Å²) in [5, 5.41) is 3.46. The third-order valence-electron chi connectivity index (χ3n) is 4.32. The van der Waals surface area contributed by atoms with Crippen molar-refractivity contribution in [1.82, 2.24) is 15.1 Å². The standard InChI is InChI=1S/C16H30N4S.HI/c1-5-17-15(18-13-16(2,3)21-4)20-11-8-14(12-20)19-9-6-7-10-19;/h6-7,14H,5,8-13H2,1-4H3,(H,17,18);1H. The number of guanidine groups is 1. The molecule has 1 N–H and O–H groups in total. The molecule has 0 aromatic rings. The molecule has 0 radical (unpaired) electrons. The lowest BCUT2D eigenvalue weighted by atomic mass is 10.2. The zero-order valence-electron chi connectivity index (χ0n) is 14.3. The lowest BCUT2D eigenvalue weighted by molar-refractivity contribution is 0.259.